The Bertz CT molecular complexity index is 1410. The van der Waals surface area contributed by atoms with E-state index in [1.54, 1.807) is 24.4 Å². The molecule has 2 saturated heterocycles. The van der Waals surface area contributed by atoms with Gasteiger partial charge in [0.15, 0.2) is 11.5 Å². The molecule has 0 saturated carbocycles. The summed E-state index contributed by atoms with van der Waals surface area (Å²) in [7, 11) is 1.48. The monoisotopic (exact) mass is 552 g/mol. The number of pyridine rings is 2. The molecule has 1 aromatic carbocycles. The highest BCUT2D eigenvalue weighted by atomic mass is 35.5. The molecule has 2 aromatic heterocycles. The zero-order valence-electron chi connectivity index (χ0n) is 20.6. The number of ether oxygens (including phenoxy) is 1. The number of piperidine rings is 1. The van der Waals surface area contributed by atoms with E-state index in [-0.39, 0.29) is 27.0 Å². The van der Waals surface area contributed by atoms with Gasteiger partial charge in [-0.05, 0) is 31.5 Å². The maximum Gasteiger partial charge on any atom is 0.197 e. The number of nitrogens with zero attached hydrogens (tertiary/aromatic N) is 4. The lowest BCUT2D eigenvalue weighted by Crippen LogP contribution is -2.70. The van der Waals surface area contributed by atoms with Gasteiger partial charge in [0, 0.05) is 54.6 Å². The predicted molar refractivity (Wildman–Crippen MR) is 148 cm³/mol. The van der Waals surface area contributed by atoms with Gasteiger partial charge in [-0.25, -0.2) is 10.5 Å². The summed E-state index contributed by atoms with van der Waals surface area (Å²) in [6.07, 6.45) is 7.98. The van der Waals surface area contributed by atoms with Gasteiger partial charge in [0.25, 0.3) is 0 Å². The smallest absolute Gasteiger partial charge is 0.197 e. The molecule has 5 N–H and O–H groups in total. The van der Waals surface area contributed by atoms with Gasteiger partial charge in [0.2, 0.25) is 0 Å². The fraction of sp³-hybridized carbons (Fsp3) is 0.308. The SMILES string of the molecule is COc1cc(N)c(C(=N)c2cnc(N3CC4(CCCCN4)C3)c(C#N)c2)cc1ONc1c(Cl)cncc1Cl. The van der Waals surface area contributed by atoms with Crippen LogP contribution in [-0.4, -0.2) is 48.0 Å². The lowest BCUT2D eigenvalue weighted by atomic mass is 9.81. The standard InChI is InChI=1S/C26H26Cl2N8O2/c1-37-21-8-20(30)17(7-22(21)38-35-24-18(27)11-32-12-19(24)28)23(31)16-6-15(9-29)25(33-10-16)36-13-26(14-36)4-2-3-5-34-26/h6-8,10-12,31,34H,2-5,13-14,30H2,1H3,(H,32,35). The van der Waals surface area contributed by atoms with Crippen molar-refractivity contribution < 1.29 is 9.57 Å². The van der Waals surface area contributed by atoms with Gasteiger partial charge in [-0.15, -0.1) is 0 Å². The quantitative estimate of drug-likeness (QED) is 0.190. The Morgan fingerprint density at radius 3 is 2.61 bits per heavy atom. The van der Waals surface area contributed by atoms with Crippen LogP contribution in [0.25, 0.3) is 0 Å². The Labute approximate surface area is 230 Å². The van der Waals surface area contributed by atoms with Crippen molar-refractivity contribution in [2.24, 2.45) is 0 Å². The van der Waals surface area contributed by atoms with E-state index in [1.165, 1.54) is 32.3 Å². The van der Waals surface area contributed by atoms with Crippen LogP contribution in [0.4, 0.5) is 17.2 Å². The topological polar surface area (TPSA) is 145 Å². The average molecular weight is 553 g/mol. The molecule has 2 fully saturated rings. The minimum atomic E-state index is 0.0829. The number of rotatable bonds is 7. The highest BCUT2D eigenvalue weighted by Crippen LogP contribution is 2.37. The van der Waals surface area contributed by atoms with Crippen molar-refractivity contribution in [2.75, 3.05) is 42.9 Å². The normalized spacial score (nSPS) is 15.9. The predicted octanol–water partition coefficient (Wildman–Crippen LogP) is 4.40. The molecule has 0 unspecified atom stereocenters. The van der Waals surface area contributed by atoms with Crippen molar-refractivity contribution >= 4 is 46.1 Å². The number of nitriles is 1. The lowest BCUT2D eigenvalue weighted by Gasteiger charge is -2.53. The number of halogens is 2. The minimum absolute atomic E-state index is 0.0829. The van der Waals surface area contributed by atoms with Gasteiger partial charge in [0.05, 0.1) is 34.0 Å². The molecule has 0 amide bonds. The molecule has 4 heterocycles. The fourth-order valence-electron chi connectivity index (χ4n) is 4.86. The van der Waals surface area contributed by atoms with Gasteiger partial charge in [-0.3, -0.25) is 10.4 Å². The van der Waals surface area contributed by atoms with E-state index in [9.17, 15) is 5.26 Å². The Kier molecular flexibility index (Phi) is 7.17. The Morgan fingerprint density at radius 1 is 1.18 bits per heavy atom. The van der Waals surface area contributed by atoms with E-state index < -0.39 is 0 Å². The molecule has 0 bridgehead atoms. The first kappa shape index (κ1) is 25.9. The van der Waals surface area contributed by atoms with Crippen LogP contribution in [0.3, 0.4) is 0 Å². The third-order valence-electron chi connectivity index (χ3n) is 6.87. The first-order chi connectivity index (χ1) is 18.3. The maximum atomic E-state index is 9.86. The van der Waals surface area contributed by atoms with Gasteiger partial charge < -0.3 is 25.5 Å². The molecule has 3 aromatic rings. The van der Waals surface area contributed by atoms with E-state index in [0.29, 0.717) is 39.6 Å². The molecule has 0 aliphatic carbocycles. The van der Waals surface area contributed by atoms with Gasteiger partial charge in [-0.2, -0.15) is 5.26 Å². The molecule has 0 radical (unpaired) electrons. The Morgan fingerprint density at radius 2 is 1.95 bits per heavy atom. The van der Waals surface area contributed by atoms with E-state index in [2.05, 4.69) is 31.7 Å². The molecule has 2 aliphatic heterocycles. The number of anilines is 3. The van der Waals surface area contributed by atoms with E-state index in [4.69, 9.17) is 43.9 Å². The molecule has 0 atom stereocenters. The molecule has 1 spiro atoms. The third-order valence-corrected chi connectivity index (χ3v) is 7.44. The molecule has 38 heavy (non-hydrogen) atoms. The van der Waals surface area contributed by atoms with Crippen molar-refractivity contribution in [1.29, 1.82) is 10.7 Å². The maximum absolute atomic E-state index is 9.86. The summed E-state index contributed by atoms with van der Waals surface area (Å²) < 4.78 is 5.40. The minimum Gasteiger partial charge on any atom is -0.493 e. The van der Waals surface area contributed by atoms with Crippen LogP contribution in [0.1, 0.15) is 36.0 Å². The van der Waals surface area contributed by atoms with Gasteiger partial charge in [0.1, 0.15) is 17.6 Å². The number of benzene rings is 1. The number of hydrogen-bond donors (Lipinski definition) is 4. The summed E-state index contributed by atoms with van der Waals surface area (Å²) in [5.74, 6) is 1.22. The summed E-state index contributed by atoms with van der Waals surface area (Å²) in [6.45, 7) is 2.65. The number of nitrogen functional groups attached to an aromatic ring is 1. The summed E-state index contributed by atoms with van der Waals surface area (Å²) in [5, 5.41) is 22.9. The average Bonchev–Trinajstić information content (AvgIpc) is 2.91. The largest absolute Gasteiger partial charge is 0.493 e. The summed E-state index contributed by atoms with van der Waals surface area (Å²) in [6, 6.07) is 7.03. The summed E-state index contributed by atoms with van der Waals surface area (Å²) in [4.78, 5) is 16.3. The molecule has 12 heteroatoms. The number of nitrogens with two attached hydrogens (primary N) is 1. The van der Waals surface area contributed by atoms with Crippen LogP contribution < -0.4 is 31.0 Å². The first-order valence-electron chi connectivity index (χ1n) is 12.0. The van der Waals surface area contributed by atoms with Crippen molar-refractivity contribution in [3.63, 3.8) is 0 Å². The van der Waals surface area contributed by atoms with Crippen molar-refractivity contribution in [2.45, 2.75) is 24.8 Å². The van der Waals surface area contributed by atoms with Crippen molar-refractivity contribution in [3.05, 3.63) is 63.5 Å². The fourth-order valence-corrected chi connectivity index (χ4v) is 5.31. The highest BCUT2D eigenvalue weighted by Gasteiger charge is 2.44. The molecule has 5 rings (SSSR count). The molecule has 2 aliphatic rings. The highest BCUT2D eigenvalue weighted by molar-refractivity contribution is 6.38. The van der Waals surface area contributed by atoms with Crippen LogP contribution in [0.15, 0.2) is 36.8 Å². The Balaban J connectivity index is 1.38. The second kappa shape index (κ2) is 10.5. The van der Waals surface area contributed by atoms with Crippen LogP contribution in [0.5, 0.6) is 11.5 Å². The van der Waals surface area contributed by atoms with Gasteiger partial charge in [-0.1, -0.05) is 29.6 Å². The number of nitrogens with one attached hydrogen (secondary N) is 3. The number of aromatic nitrogens is 2. The second-order valence-corrected chi connectivity index (χ2v) is 10.2. The second-order valence-electron chi connectivity index (χ2n) is 9.37. The zero-order valence-corrected chi connectivity index (χ0v) is 22.2. The van der Waals surface area contributed by atoms with Gasteiger partial charge >= 0.3 is 0 Å². The van der Waals surface area contributed by atoms with Crippen LogP contribution in [0.2, 0.25) is 10.0 Å². The van der Waals surface area contributed by atoms with Crippen molar-refractivity contribution in [1.82, 2.24) is 15.3 Å². The van der Waals surface area contributed by atoms with E-state index in [0.717, 1.165) is 26.1 Å². The molecular formula is C26H26Cl2N8O2. The van der Waals surface area contributed by atoms with Crippen molar-refractivity contribution in [3.8, 4) is 17.6 Å². The summed E-state index contributed by atoms with van der Waals surface area (Å²) >= 11 is 12.3. The lowest BCUT2D eigenvalue weighted by molar-refractivity contribution is 0.201. The Hall–Kier alpha value is -3.78. The number of methoxy groups -OCH3 is 1. The molecular weight excluding hydrogens is 527 g/mol. The molecule has 10 nitrogen and oxygen atoms in total. The van der Waals surface area contributed by atoms with Crippen LogP contribution >= 0.6 is 23.2 Å². The summed E-state index contributed by atoms with van der Waals surface area (Å²) in [5.41, 5.74) is 11.0. The third kappa shape index (κ3) is 4.88. The van der Waals surface area contributed by atoms with E-state index in [1.807, 2.05) is 0 Å². The molecule has 196 valence electrons. The van der Waals surface area contributed by atoms with Crippen LogP contribution in [0, 0.1) is 16.7 Å². The van der Waals surface area contributed by atoms with Crippen LogP contribution in [-0.2, 0) is 0 Å². The zero-order chi connectivity index (χ0) is 26.9. The first-order valence-corrected chi connectivity index (χ1v) is 12.8. The number of hydrogen-bond acceptors (Lipinski definition) is 10. The van der Waals surface area contributed by atoms with E-state index >= 15 is 0 Å².